The van der Waals surface area contributed by atoms with E-state index in [1.807, 2.05) is 11.9 Å². The molecule has 6 rings (SSSR count). The van der Waals surface area contributed by atoms with E-state index in [1.165, 1.54) is 24.3 Å². The number of carbonyl (C=O) groups excluding carboxylic acids is 3. The Balaban J connectivity index is 1.41. The average Bonchev–Trinajstić information content (AvgIpc) is 3.48. The van der Waals surface area contributed by atoms with Crippen LogP contribution in [0.5, 0.6) is 5.75 Å². The van der Waals surface area contributed by atoms with Crippen molar-refractivity contribution >= 4 is 46.0 Å². The van der Waals surface area contributed by atoms with Gasteiger partial charge >= 0.3 is 18.2 Å². The third-order valence-electron chi connectivity index (χ3n) is 9.14. The Kier molecular flexibility index (Phi) is 11.1. The molecular formula is C38H42F4N6O6. The van der Waals surface area contributed by atoms with Gasteiger partial charge in [0.05, 0.1) is 16.8 Å². The van der Waals surface area contributed by atoms with Crippen LogP contribution in [0.2, 0.25) is 0 Å². The summed E-state index contributed by atoms with van der Waals surface area (Å²) in [6.45, 7) is 8.01. The number of anilines is 3. The van der Waals surface area contributed by atoms with Crippen LogP contribution < -0.4 is 19.9 Å². The van der Waals surface area contributed by atoms with E-state index in [0.717, 1.165) is 4.68 Å². The molecule has 0 saturated carbocycles. The third kappa shape index (κ3) is 8.93. The molecule has 54 heavy (non-hydrogen) atoms. The zero-order chi connectivity index (χ0) is 38.8. The molecule has 2 aliphatic heterocycles. The maximum atomic E-state index is 14.3. The van der Waals surface area contributed by atoms with E-state index < -0.39 is 41.5 Å². The number of ether oxygens (including phenoxy) is 3. The first-order valence-corrected chi connectivity index (χ1v) is 17.6. The molecule has 2 saturated heterocycles. The standard InChI is InChI=1S/C38H42F4N6O6/c1-37(2,3)54-36(51)48-31-12-10-28(53-23-24-5-7-25(39)8-6-24)22-30(31)33(44-48)43-34(49)29-11-9-27(46-17-15-45(4)16-18-46)21-32(29)47(35(50)38(40,41)42)26-13-19-52-20-14-26/h5-12,21-22,26H,13-20,23H2,1-4H3,(H,43,44,49). The molecule has 3 heterocycles. The van der Waals surface area contributed by atoms with Crippen LogP contribution in [0, 0.1) is 5.82 Å². The summed E-state index contributed by atoms with van der Waals surface area (Å²) in [5, 5.41) is 7.31. The Bertz CT molecular complexity index is 2000. The van der Waals surface area contributed by atoms with E-state index in [0.29, 0.717) is 48.1 Å². The van der Waals surface area contributed by atoms with Crippen molar-refractivity contribution < 1.29 is 46.2 Å². The van der Waals surface area contributed by atoms with Crippen molar-refractivity contribution in [2.45, 2.75) is 58.0 Å². The normalized spacial score (nSPS) is 16.0. The zero-order valence-corrected chi connectivity index (χ0v) is 30.4. The molecule has 0 radical (unpaired) electrons. The van der Waals surface area contributed by atoms with E-state index in [4.69, 9.17) is 14.2 Å². The van der Waals surface area contributed by atoms with Crippen molar-refractivity contribution in [3.8, 4) is 5.75 Å². The quantitative estimate of drug-likeness (QED) is 0.198. The molecule has 1 aromatic heterocycles. The number of amides is 2. The minimum Gasteiger partial charge on any atom is -0.489 e. The van der Waals surface area contributed by atoms with Crippen LogP contribution in [-0.4, -0.2) is 96.8 Å². The van der Waals surface area contributed by atoms with Crippen LogP contribution in [0.4, 0.5) is 39.5 Å². The van der Waals surface area contributed by atoms with Gasteiger partial charge in [0.2, 0.25) is 0 Å². The first kappa shape index (κ1) is 38.5. The smallest absolute Gasteiger partial charge is 0.471 e. The molecule has 4 aromatic rings. The molecule has 1 N–H and O–H groups in total. The Morgan fingerprint density at radius 1 is 0.944 bits per heavy atom. The van der Waals surface area contributed by atoms with Gasteiger partial charge in [-0.1, -0.05) is 12.1 Å². The Morgan fingerprint density at radius 3 is 2.28 bits per heavy atom. The highest BCUT2D eigenvalue weighted by atomic mass is 19.4. The van der Waals surface area contributed by atoms with Crippen molar-refractivity contribution in [3.05, 3.63) is 77.6 Å². The van der Waals surface area contributed by atoms with E-state index in [1.54, 1.807) is 57.2 Å². The van der Waals surface area contributed by atoms with Gasteiger partial charge in [-0.3, -0.25) is 9.59 Å². The van der Waals surface area contributed by atoms with Crippen LogP contribution in [0.25, 0.3) is 10.9 Å². The first-order valence-electron chi connectivity index (χ1n) is 17.6. The zero-order valence-electron chi connectivity index (χ0n) is 30.4. The lowest BCUT2D eigenvalue weighted by molar-refractivity contribution is -0.171. The van der Waals surface area contributed by atoms with Gasteiger partial charge in [-0.05, 0) is 94.8 Å². The summed E-state index contributed by atoms with van der Waals surface area (Å²) < 4.78 is 74.2. The van der Waals surface area contributed by atoms with Crippen LogP contribution in [0.1, 0.15) is 49.5 Å². The fourth-order valence-electron chi connectivity index (χ4n) is 6.37. The van der Waals surface area contributed by atoms with E-state index in [-0.39, 0.29) is 60.6 Å². The summed E-state index contributed by atoms with van der Waals surface area (Å²) >= 11 is 0. The number of piperazine rings is 1. The largest absolute Gasteiger partial charge is 0.489 e. The average molecular weight is 755 g/mol. The molecule has 3 aromatic carbocycles. The summed E-state index contributed by atoms with van der Waals surface area (Å²) in [5.41, 5.74) is 0.179. The number of aromatic nitrogens is 2. The predicted octanol–water partition coefficient (Wildman–Crippen LogP) is 6.62. The summed E-state index contributed by atoms with van der Waals surface area (Å²) in [7, 11) is 1.97. The molecule has 0 unspecified atom stereocenters. The molecule has 2 amide bonds. The topological polar surface area (TPSA) is 118 Å². The number of hydrogen-bond acceptors (Lipinski definition) is 9. The Morgan fingerprint density at radius 2 is 1.63 bits per heavy atom. The predicted molar refractivity (Wildman–Crippen MR) is 194 cm³/mol. The summed E-state index contributed by atoms with van der Waals surface area (Å²) in [4.78, 5) is 45.6. The van der Waals surface area contributed by atoms with Crippen molar-refractivity contribution in [1.29, 1.82) is 0 Å². The highest BCUT2D eigenvalue weighted by Crippen LogP contribution is 2.36. The fourth-order valence-corrected chi connectivity index (χ4v) is 6.37. The highest BCUT2D eigenvalue weighted by Gasteiger charge is 2.46. The van der Waals surface area contributed by atoms with Crippen LogP contribution in [0.3, 0.4) is 0 Å². The number of fused-ring (bicyclic) bond motifs is 1. The van der Waals surface area contributed by atoms with E-state index in [2.05, 4.69) is 15.3 Å². The number of likely N-dealkylation sites (N-methyl/N-ethyl adjacent to an activating group) is 1. The number of nitrogens with one attached hydrogen (secondary N) is 1. The lowest BCUT2D eigenvalue weighted by Crippen LogP contribution is -2.50. The van der Waals surface area contributed by atoms with E-state index in [9.17, 15) is 31.9 Å². The first-order chi connectivity index (χ1) is 25.6. The molecule has 16 heteroatoms. The lowest BCUT2D eigenvalue weighted by atomic mass is 10.0. The maximum absolute atomic E-state index is 14.3. The molecule has 0 spiro atoms. The number of alkyl halides is 3. The highest BCUT2D eigenvalue weighted by molar-refractivity contribution is 6.14. The Hall–Kier alpha value is -5.22. The Labute approximate surface area is 309 Å². The maximum Gasteiger partial charge on any atom is 0.471 e. The number of halogens is 4. The molecular weight excluding hydrogens is 712 g/mol. The van der Waals surface area contributed by atoms with Gasteiger partial charge in [-0.2, -0.15) is 17.9 Å². The second kappa shape index (κ2) is 15.6. The number of benzene rings is 3. The van der Waals surface area contributed by atoms with Gasteiger partial charge in [0, 0.05) is 56.5 Å². The minimum atomic E-state index is -5.23. The second-order valence-corrected chi connectivity index (χ2v) is 14.3. The SMILES string of the molecule is CN1CCN(c2ccc(C(=O)Nc3nn(C(=O)OC(C)(C)C)c4ccc(OCc5ccc(F)cc5)cc34)c(N(C(=O)C(F)(F)F)C3CCOCC3)c2)CC1. The summed E-state index contributed by atoms with van der Waals surface area (Å²) in [6, 6.07) is 14.0. The molecule has 0 atom stereocenters. The van der Waals surface area contributed by atoms with Crippen molar-refractivity contribution in [2.24, 2.45) is 0 Å². The summed E-state index contributed by atoms with van der Waals surface area (Å²) in [6.07, 6.45) is -5.81. The number of hydrogen-bond donors (Lipinski definition) is 1. The number of carbonyl (C=O) groups is 3. The van der Waals surface area contributed by atoms with Gasteiger partial charge in [-0.25, -0.2) is 9.18 Å². The second-order valence-electron chi connectivity index (χ2n) is 14.3. The third-order valence-corrected chi connectivity index (χ3v) is 9.14. The fraction of sp³-hybridized carbons (Fsp3) is 0.421. The van der Waals surface area contributed by atoms with Gasteiger partial charge in [-0.15, -0.1) is 5.10 Å². The van der Waals surface area contributed by atoms with Crippen LogP contribution in [0.15, 0.2) is 60.7 Å². The van der Waals surface area contributed by atoms with Crippen molar-refractivity contribution in [3.63, 3.8) is 0 Å². The lowest BCUT2D eigenvalue weighted by Gasteiger charge is -2.37. The molecule has 2 fully saturated rings. The van der Waals surface area contributed by atoms with E-state index >= 15 is 0 Å². The van der Waals surface area contributed by atoms with Gasteiger partial charge in [0.1, 0.15) is 23.8 Å². The molecule has 0 bridgehead atoms. The molecule has 12 nitrogen and oxygen atoms in total. The molecule has 2 aliphatic rings. The van der Waals surface area contributed by atoms with Gasteiger partial charge in [0.15, 0.2) is 5.82 Å². The molecule has 288 valence electrons. The minimum absolute atomic E-state index is 0.0754. The summed E-state index contributed by atoms with van der Waals surface area (Å²) in [5.74, 6) is -3.14. The molecule has 0 aliphatic carbocycles. The number of rotatable bonds is 8. The van der Waals surface area contributed by atoms with Crippen molar-refractivity contribution in [1.82, 2.24) is 14.7 Å². The van der Waals surface area contributed by atoms with Crippen molar-refractivity contribution in [2.75, 3.05) is 61.6 Å². The van der Waals surface area contributed by atoms with Gasteiger partial charge in [0.25, 0.3) is 5.91 Å². The monoisotopic (exact) mass is 754 g/mol. The van der Waals surface area contributed by atoms with Gasteiger partial charge < -0.3 is 34.2 Å². The van der Waals surface area contributed by atoms with Crippen LogP contribution >= 0.6 is 0 Å². The van der Waals surface area contributed by atoms with Crippen LogP contribution in [-0.2, 0) is 20.9 Å². The number of nitrogens with zero attached hydrogens (tertiary/aromatic N) is 5.